The predicted octanol–water partition coefficient (Wildman–Crippen LogP) is 4.45. The fourth-order valence-corrected chi connectivity index (χ4v) is 3.64. The molecule has 0 bridgehead atoms. The molecule has 0 aliphatic heterocycles. The van der Waals surface area contributed by atoms with E-state index in [0.29, 0.717) is 12.5 Å². The fourth-order valence-electron chi connectivity index (χ4n) is 3.64. The fraction of sp³-hybridized carbons (Fsp3) is 0.381. The Labute approximate surface area is 158 Å². The highest BCUT2D eigenvalue weighted by Gasteiger charge is 2.25. The van der Waals surface area contributed by atoms with Gasteiger partial charge in [0.1, 0.15) is 0 Å². The van der Waals surface area contributed by atoms with Crippen molar-refractivity contribution in [1.29, 1.82) is 0 Å². The number of benzene rings is 2. The molecule has 0 heterocycles. The summed E-state index contributed by atoms with van der Waals surface area (Å²) in [4.78, 5) is 23.2. The van der Waals surface area contributed by atoms with Crippen LogP contribution < -0.4 is 10.1 Å². The summed E-state index contributed by atoms with van der Waals surface area (Å²) in [6.07, 6.45) is 3.87. The van der Waals surface area contributed by atoms with E-state index in [0.717, 1.165) is 25.7 Å². The highest BCUT2D eigenvalue weighted by atomic mass is 16.6. The smallest absolute Gasteiger partial charge is 0.311 e. The maximum absolute atomic E-state index is 12.5. The SMILES string of the molecule is CCOc1ccc(C(=O)NC2CCC(c3ccccc3)CC2)cc1[N+](=O)[O-]. The van der Waals surface area contributed by atoms with E-state index in [1.54, 1.807) is 13.0 Å². The molecule has 27 heavy (non-hydrogen) atoms. The molecule has 0 radical (unpaired) electrons. The molecular formula is C21H24N2O4. The molecule has 6 nitrogen and oxygen atoms in total. The minimum atomic E-state index is -0.521. The third-order valence-electron chi connectivity index (χ3n) is 5.05. The summed E-state index contributed by atoms with van der Waals surface area (Å²) < 4.78 is 5.26. The van der Waals surface area contributed by atoms with E-state index in [9.17, 15) is 14.9 Å². The van der Waals surface area contributed by atoms with Gasteiger partial charge in [-0.1, -0.05) is 30.3 Å². The van der Waals surface area contributed by atoms with Crippen LogP contribution in [0, 0.1) is 10.1 Å². The molecule has 6 heteroatoms. The second-order valence-corrected chi connectivity index (χ2v) is 6.81. The standard InChI is InChI=1S/C21H24N2O4/c1-2-27-20-13-10-17(14-19(20)23(25)26)21(24)22-18-11-8-16(9-12-18)15-6-4-3-5-7-15/h3-7,10,13-14,16,18H,2,8-9,11-12H2,1H3,(H,22,24). The lowest BCUT2D eigenvalue weighted by molar-refractivity contribution is -0.385. The zero-order chi connectivity index (χ0) is 19.2. The summed E-state index contributed by atoms with van der Waals surface area (Å²) in [7, 11) is 0. The summed E-state index contributed by atoms with van der Waals surface area (Å²) >= 11 is 0. The maximum atomic E-state index is 12.5. The van der Waals surface area contributed by atoms with Gasteiger partial charge in [-0.05, 0) is 56.2 Å². The van der Waals surface area contributed by atoms with Crippen LogP contribution in [0.25, 0.3) is 0 Å². The third kappa shape index (κ3) is 4.64. The van der Waals surface area contributed by atoms with Gasteiger partial charge in [0.2, 0.25) is 0 Å². The lowest BCUT2D eigenvalue weighted by Crippen LogP contribution is -2.37. The number of carbonyl (C=O) groups excluding carboxylic acids is 1. The van der Waals surface area contributed by atoms with E-state index in [1.807, 2.05) is 6.07 Å². The number of hydrogen-bond acceptors (Lipinski definition) is 4. The van der Waals surface area contributed by atoms with Crippen molar-refractivity contribution in [2.75, 3.05) is 6.61 Å². The highest BCUT2D eigenvalue weighted by Crippen LogP contribution is 2.33. The molecule has 1 saturated carbocycles. The molecule has 0 unspecified atom stereocenters. The minimum absolute atomic E-state index is 0.100. The number of nitrogens with one attached hydrogen (secondary N) is 1. The van der Waals surface area contributed by atoms with Crippen LogP contribution in [-0.2, 0) is 0 Å². The van der Waals surface area contributed by atoms with Crippen molar-refractivity contribution < 1.29 is 14.5 Å². The summed E-state index contributed by atoms with van der Waals surface area (Å²) in [5.74, 6) is 0.442. The van der Waals surface area contributed by atoms with Crippen molar-refractivity contribution in [2.24, 2.45) is 0 Å². The number of amides is 1. The minimum Gasteiger partial charge on any atom is -0.487 e. The van der Waals surface area contributed by atoms with Crippen LogP contribution in [0.2, 0.25) is 0 Å². The highest BCUT2D eigenvalue weighted by molar-refractivity contribution is 5.95. The van der Waals surface area contributed by atoms with Gasteiger partial charge in [-0.3, -0.25) is 14.9 Å². The zero-order valence-corrected chi connectivity index (χ0v) is 15.4. The molecule has 0 saturated heterocycles. The normalized spacial score (nSPS) is 19.3. The number of hydrogen-bond donors (Lipinski definition) is 1. The molecule has 1 N–H and O–H groups in total. The Bertz CT molecular complexity index is 799. The summed E-state index contributed by atoms with van der Waals surface area (Å²) in [6, 6.07) is 14.9. The van der Waals surface area contributed by atoms with Gasteiger partial charge in [0, 0.05) is 17.7 Å². The monoisotopic (exact) mass is 368 g/mol. The quantitative estimate of drug-likeness (QED) is 0.603. The molecule has 0 spiro atoms. The lowest BCUT2D eigenvalue weighted by atomic mass is 9.82. The number of carbonyl (C=O) groups is 1. The molecule has 1 aliphatic carbocycles. The zero-order valence-electron chi connectivity index (χ0n) is 15.4. The molecule has 1 fully saturated rings. The van der Waals surface area contributed by atoms with Gasteiger partial charge in [-0.2, -0.15) is 0 Å². The van der Waals surface area contributed by atoms with Crippen LogP contribution in [0.1, 0.15) is 54.4 Å². The Balaban J connectivity index is 1.61. The van der Waals surface area contributed by atoms with E-state index in [2.05, 4.69) is 29.6 Å². The average Bonchev–Trinajstić information content (AvgIpc) is 2.69. The molecule has 1 aliphatic rings. The maximum Gasteiger partial charge on any atom is 0.311 e. The van der Waals surface area contributed by atoms with Gasteiger partial charge in [-0.15, -0.1) is 0 Å². The van der Waals surface area contributed by atoms with Crippen LogP contribution in [0.3, 0.4) is 0 Å². The van der Waals surface area contributed by atoms with Gasteiger partial charge in [0.05, 0.1) is 11.5 Å². The van der Waals surface area contributed by atoms with Gasteiger partial charge in [0.15, 0.2) is 5.75 Å². The van der Waals surface area contributed by atoms with Gasteiger partial charge in [-0.25, -0.2) is 0 Å². The molecule has 0 aromatic heterocycles. The van der Waals surface area contributed by atoms with Crippen LogP contribution in [0.15, 0.2) is 48.5 Å². The molecule has 2 aromatic carbocycles. The Morgan fingerprint density at radius 1 is 1.15 bits per heavy atom. The Morgan fingerprint density at radius 2 is 1.85 bits per heavy atom. The topological polar surface area (TPSA) is 81.5 Å². The van der Waals surface area contributed by atoms with Crippen LogP contribution in [-0.4, -0.2) is 23.5 Å². The van der Waals surface area contributed by atoms with E-state index in [-0.39, 0.29) is 28.9 Å². The van der Waals surface area contributed by atoms with Crippen molar-refractivity contribution in [1.82, 2.24) is 5.32 Å². The predicted molar refractivity (Wildman–Crippen MR) is 103 cm³/mol. The third-order valence-corrected chi connectivity index (χ3v) is 5.05. The number of nitro groups is 1. The Hall–Kier alpha value is -2.89. The van der Waals surface area contributed by atoms with E-state index in [1.165, 1.54) is 17.7 Å². The molecular weight excluding hydrogens is 344 g/mol. The first-order valence-electron chi connectivity index (χ1n) is 9.35. The van der Waals surface area contributed by atoms with Crippen LogP contribution in [0.5, 0.6) is 5.75 Å². The molecule has 142 valence electrons. The summed E-state index contributed by atoms with van der Waals surface area (Å²) in [5.41, 5.74) is 1.46. The van der Waals surface area contributed by atoms with E-state index < -0.39 is 4.92 Å². The van der Waals surface area contributed by atoms with E-state index >= 15 is 0 Å². The summed E-state index contributed by atoms with van der Waals surface area (Å²) in [6.45, 7) is 2.09. The Kier molecular flexibility index (Phi) is 6.06. The van der Waals surface area contributed by atoms with Crippen LogP contribution in [0.4, 0.5) is 5.69 Å². The number of rotatable bonds is 6. The average molecular weight is 368 g/mol. The van der Waals surface area contributed by atoms with Crippen molar-refractivity contribution in [2.45, 2.75) is 44.6 Å². The second-order valence-electron chi connectivity index (χ2n) is 6.81. The number of nitrogens with zero attached hydrogens (tertiary/aromatic N) is 1. The second kappa shape index (κ2) is 8.66. The molecule has 0 atom stereocenters. The van der Waals surface area contributed by atoms with Crippen molar-refractivity contribution in [3.8, 4) is 5.75 Å². The molecule has 3 rings (SSSR count). The van der Waals surface area contributed by atoms with Crippen molar-refractivity contribution in [3.05, 3.63) is 69.8 Å². The lowest BCUT2D eigenvalue weighted by Gasteiger charge is -2.29. The molecule has 1 amide bonds. The van der Waals surface area contributed by atoms with Gasteiger partial charge < -0.3 is 10.1 Å². The van der Waals surface area contributed by atoms with Crippen LogP contribution >= 0.6 is 0 Å². The number of ether oxygens (including phenoxy) is 1. The number of nitro benzene ring substituents is 1. The van der Waals surface area contributed by atoms with Crippen molar-refractivity contribution >= 4 is 11.6 Å². The van der Waals surface area contributed by atoms with E-state index in [4.69, 9.17) is 4.74 Å². The first-order valence-corrected chi connectivity index (χ1v) is 9.35. The first kappa shape index (κ1) is 18.9. The van der Waals surface area contributed by atoms with Crippen molar-refractivity contribution in [3.63, 3.8) is 0 Å². The largest absolute Gasteiger partial charge is 0.487 e. The Morgan fingerprint density at radius 3 is 2.48 bits per heavy atom. The summed E-state index contributed by atoms with van der Waals surface area (Å²) in [5, 5.41) is 14.2. The first-order chi connectivity index (χ1) is 13.1. The van der Waals surface area contributed by atoms with Gasteiger partial charge in [0.25, 0.3) is 5.91 Å². The molecule has 2 aromatic rings. The van der Waals surface area contributed by atoms with Gasteiger partial charge >= 0.3 is 5.69 Å².